The van der Waals surface area contributed by atoms with E-state index in [1.807, 2.05) is 12.3 Å². The first-order valence-corrected chi connectivity index (χ1v) is 10.7. The molecule has 0 spiro atoms. The van der Waals surface area contributed by atoms with E-state index in [1.165, 1.54) is 29.8 Å². The van der Waals surface area contributed by atoms with E-state index in [0.29, 0.717) is 6.54 Å². The smallest absolute Gasteiger partial charge is 0.243 e. The number of nitrogens with one attached hydrogen (secondary N) is 1. The SMILES string of the molecule is O=C(/C=C/[C@@H]1CC1(c1ccc(F)cc1)c1ccc(F)cc1)NCCCCC1=CC=NC1. The Morgan fingerprint density at radius 3 is 2.26 bits per heavy atom. The Bertz CT molecular complexity index is 961. The van der Waals surface area contributed by atoms with Crippen molar-refractivity contribution in [1.82, 2.24) is 5.32 Å². The van der Waals surface area contributed by atoms with Crippen LogP contribution in [0.1, 0.15) is 36.8 Å². The minimum absolute atomic E-state index is 0.100. The standard InChI is InChI=1S/C26H26F2N2O/c27-23-9-4-20(5-10-23)26(21-6-11-24(28)12-7-21)17-22(26)8-13-25(31)30-15-2-1-3-19-14-16-29-18-19/h4-14,16,22H,1-3,15,17-18H2,(H,30,31)/b13-8+/t22-/m1/s1. The van der Waals surface area contributed by atoms with Gasteiger partial charge in [0.25, 0.3) is 0 Å². The van der Waals surface area contributed by atoms with Crippen LogP contribution < -0.4 is 5.32 Å². The van der Waals surface area contributed by atoms with Crippen molar-refractivity contribution in [2.24, 2.45) is 10.9 Å². The Morgan fingerprint density at radius 2 is 1.68 bits per heavy atom. The molecule has 0 saturated heterocycles. The molecule has 1 saturated carbocycles. The summed E-state index contributed by atoms with van der Waals surface area (Å²) in [4.78, 5) is 16.4. The number of allylic oxidation sites excluding steroid dienone is 2. The second-order valence-corrected chi connectivity index (χ2v) is 8.22. The average molecular weight is 421 g/mol. The van der Waals surface area contributed by atoms with Gasteiger partial charge in [-0.05, 0) is 84.7 Å². The molecule has 1 aliphatic heterocycles. The third-order valence-corrected chi connectivity index (χ3v) is 6.15. The van der Waals surface area contributed by atoms with Gasteiger partial charge in [-0.25, -0.2) is 8.78 Å². The summed E-state index contributed by atoms with van der Waals surface area (Å²) in [6.45, 7) is 1.45. The number of unbranched alkanes of at least 4 members (excludes halogenated alkanes) is 1. The van der Waals surface area contributed by atoms with Crippen LogP contribution in [-0.2, 0) is 10.2 Å². The summed E-state index contributed by atoms with van der Waals surface area (Å²) < 4.78 is 26.9. The van der Waals surface area contributed by atoms with Gasteiger partial charge in [0.2, 0.25) is 5.91 Å². The summed E-state index contributed by atoms with van der Waals surface area (Å²) in [5.41, 5.74) is 2.94. The zero-order valence-corrected chi connectivity index (χ0v) is 17.4. The number of carbonyl (C=O) groups is 1. The van der Waals surface area contributed by atoms with Crippen molar-refractivity contribution in [2.75, 3.05) is 13.1 Å². The van der Waals surface area contributed by atoms with Crippen LogP contribution in [0.4, 0.5) is 8.78 Å². The molecule has 160 valence electrons. The van der Waals surface area contributed by atoms with Gasteiger partial charge in [-0.3, -0.25) is 9.79 Å². The van der Waals surface area contributed by atoms with Gasteiger partial charge in [0.15, 0.2) is 0 Å². The Labute approximate surface area is 181 Å². The van der Waals surface area contributed by atoms with Crippen LogP contribution in [0.2, 0.25) is 0 Å². The molecule has 1 fully saturated rings. The van der Waals surface area contributed by atoms with Gasteiger partial charge in [-0.2, -0.15) is 0 Å². The Balaban J connectivity index is 1.34. The quantitative estimate of drug-likeness (QED) is 0.444. The molecule has 0 aromatic heterocycles. The third-order valence-electron chi connectivity index (χ3n) is 6.15. The van der Waals surface area contributed by atoms with Crippen molar-refractivity contribution >= 4 is 12.1 Å². The molecule has 1 amide bonds. The van der Waals surface area contributed by atoms with E-state index in [2.05, 4.69) is 16.4 Å². The monoisotopic (exact) mass is 420 g/mol. The highest BCUT2D eigenvalue weighted by Gasteiger charge is 2.55. The Morgan fingerprint density at radius 1 is 1.03 bits per heavy atom. The predicted octanol–water partition coefficient (Wildman–Crippen LogP) is 5.12. The fraction of sp³-hybridized carbons (Fsp3) is 0.308. The van der Waals surface area contributed by atoms with Gasteiger partial charge >= 0.3 is 0 Å². The summed E-state index contributed by atoms with van der Waals surface area (Å²) >= 11 is 0. The van der Waals surface area contributed by atoms with E-state index < -0.39 is 0 Å². The van der Waals surface area contributed by atoms with Crippen LogP contribution in [-0.4, -0.2) is 25.2 Å². The fourth-order valence-corrected chi connectivity index (χ4v) is 4.34. The highest BCUT2D eigenvalue weighted by atomic mass is 19.1. The molecule has 1 heterocycles. The zero-order valence-electron chi connectivity index (χ0n) is 17.4. The van der Waals surface area contributed by atoms with E-state index in [1.54, 1.807) is 30.3 Å². The van der Waals surface area contributed by atoms with E-state index in [9.17, 15) is 13.6 Å². The predicted molar refractivity (Wildman–Crippen MR) is 119 cm³/mol. The molecule has 31 heavy (non-hydrogen) atoms. The number of rotatable bonds is 9. The summed E-state index contributed by atoms with van der Waals surface area (Å²) in [6, 6.07) is 12.9. The largest absolute Gasteiger partial charge is 0.353 e. The van der Waals surface area contributed by atoms with E-state index in [4.69, 9.17) is 0 Å². The van der Waals surface area contributed by atoms with Crippen molar-refractivity contribution in [1.29, 1.82) is 0 Å². The molecule has 1 atom stereocenters. The zero-order chi connectivity index (χ0) is 21.7. The molecule has 2 aromatic carbocycles. The molecule has 4 rings (SSSR count). The molecule has 1 aliphatic carbocycles. The first kappa shape index (κ1) is 21.2. The lowest BCUT2D eigenvalue weighted by Gasteiger charge is -2.18. The van der Waals surface area contributed by atoms with Crippen molar-refractivity contribution in [3.63, 3.8) is 0 Å². The molecule has 0 radical (unpaired) electrons. The molecule has 2 aliphatic rings. The highest BCUT2D eigenvalue weighted by molar-refractivity contribution is 5.87. The molecular formula is C26H26F2N2O. The van der Waals surface area contributed by atoms with E-state index in [-0.39, 0.29) is 28.9 Å². The van der Waals surface area contributed by atoms with Crippen LogP contribution in [0.25, 0.3) is 0 Å². The van der Waals surface area contributed by atoms with Crippen LogP contribution in [0.3, 0.4) is 0 Å². The Kier molecular flexibility index (Phi) is 6.40. The maximum absolute atomic E-state index is 13.4. The van der Waals surface area contributed by atoms with Gasteiger partial charge in [0.05, 0.1) is 6.54 Å². The fourth-order valence-electron chi connectivity index (χ4n) is 4.34. The number of amides is 1. The minimum Gasteiger partial charge on any atom is -0.353 e. The third kappa shape index (κ3) is 4.98. The second kappa shape index (κ2) is 9.38. The minimum atomic E-state index is -0.352. The van der Waals surface area contributed by atoms with Crippen molar-refractivity contribution < 1.29 is 13.6 Å². The topological polar surface area (TPSA) is 41.5 Å². The molecule has 3 nitrogen and oxygen atoms in total. The van der Waals surface area contributed by atoms with Crippen LogP contribution >= 0.6 is 0 Å². The lowest BCUT2D eigenvalue weighted by molar-refractivity contribution is -0.116. The number of benzene rings is 2. The molecule has 2 aromatic rings. The first-order chi connectivity index (χ1) is 15.1. The first-order valence-electron chi connectivity index (χ1n) is 10.7. The van der Waals surface area contributed by atoms with E-state index >= 15 is 0 Å². The lowest BCUT2D eigenvalue weighted by atomic mass is 9.85. The van der Waals surface area contributed by atoms with Crippen molar-refractivity contribution in [2.45, 2.75) is 31.1 Å². The summed E-state index contributed by atoms with van der Waals surface area (Å²) in [7, 11) is 0. The normalized spacial score (nSPS) is 18.9. The van der Waals surface area contributed by atoms with Crippen LogP contribution in [0.15, 0.2) is 77.3 Å². The van der Waals surface area contributed by atoms with Crippen molar-refractivity contribution in [3.8, 4) is 0 Å². The highest BCUT2D eigenvalue weighted by Crippen LogP contribution is 2.59. The number of hydrogen-bond donors (Lipinski definition) is 1. The summed E-state index contributed by atoms with van der Waals surface area (Å²) in [5, 5.41) is 2.94. The maximum atomic E-state index is 13.4. The number of hydrogen-bond acceptors (Lipinski definition) is 2. The van der Waals surface area contributed by atoms with Crippen LogP contribution in [0, 0.1) is 17.6 Å². The average Bonchev–Trinajstić information content (AvgIpc) is 3.26. The summed E-state index contributed by atoms with van der Waals surface area (Å²) in [5.74, 6) is -0.588. The van der Waals surface area contributed by atoms with Gasteiger partial charge in [0, 0.05) is 18.2 Å². The number of carbonyl (C=O) groups excluding carboxylic acids is 1. The lowest BCUT2D eigenvalue weighted by Crippen LogP contribution is -2.22. The summed E-state index contributed by atoms with van der Waals surface area (Å²) in [6.07, 6.45) is 11.2. The Hall–Kier alpha value is -3.08. The van der Waals surface area contributed by atoms with E-state index in [0.717, 1.165) is 43.4 Å². The van der Waals surface area contributed by atoms with Crippen molar-refractivity contribution in [3.05, 3.63) is 95.1 Å². The molecule has 0 unspecified atom stereocenters. The number of nitrogens with zero attached hydrogens (tertiary/aromatic N) is 1. The molecule has 0 bridgehead atoms. The molecular weight excluding hydrogens is 394 g/mol. The maximum Gasteiger partial charge on any atom is 0.243 e. The number of aliphatic imine (C=N–C) groups is 1. The number of halogens is 2. The van der Waals surface area contributed by atoms with Gasteiger partial charge in [-0.1, -0.05) is 30.3 Å². The van der Waals surface area contributed by atoms with Gasteiger partial charge in [-0.15, -0.1) is 0 Å². The van der Waals surface area contributed by atoms with Gasteiger partial charge < -0.3 is 5.32 Å². The second-order valence-electron chi connectivity index (χ2n) is 8.22. The van der Waals surface area contributed by atoms with Gasteiger partial charge in [0.1, 0.15) is 11.6 Å². The molecule has 1 N–H and O–H groups in total. The molecule has 5 heteroatoms. The van der Waals surface area contributed by atoms with Crippen LogP contribution in [0.5, 0.6) is 0 Å².